The molecule has 0 fully saturated rings. The summed E-state index contributed by atoms with van der Waals surface area (Å²) in [6.45, 7) is 2.00. The van der Waals surface area contributed by atoms with Gasteiger partial charge in [0.2, 0.25) is 0 Å². The van der Waals surface area contributed by atoms with Gasteiger partial charge in [0.25, 0.3) is 0 Å². The zero-order valence-electron chi connectivity index (χ0n) is 6.56. The smallest absolute Gasteiger partial charge is 0.0670 e. The van der Waals surface area contributed by atoms with E-state index in [1.165, 1.54) is 0 Å². The molecule has 0 unspecified atom stereocenters. The zero-order valence-corrected chi connectivity index (χ0v) is 9.48. The van der Waals surface area contributed by atoms with Crippen LogP contribution in [0.4, 0.5) is 0 Å². The number of rotatable bonds is 1. The molecule has 0 spiro atoms. The van der Waals surface area contributed by atoms with Crippen molar-refractivity contribution in [3.05, 3.63) is 31.9 Å². The number of aryl methyl sites for hydroxylation is 1. The van der Waals surface area contributed by atoms with Gasteiger partial charge in [-0.2, -0.15) is 5.26 Å². The second-order valence-electron chi connectivity index (χ2n) is 2.55. The van der Waals surface area contributed by atoms with Crippen LogP contribution in [0.2, 0.25) is 5.02 Å². The van der Waals surface area contributed by atoms with Gasteiger partial charge < -0.3 is 0 Å². The van der Waals surface area contributed by atoms with Crippen molar-refractivity contribution in [3.8, 4) is 6.07 Å². The molecule has 0 saturated carbocycles. The van der Waals surface area contributed by atoms with Crippen LogP contribution < -0.4 is 0 Å². The van der Waals surface area contributed by atoms with Crippen LogP contribution >= 0.6 is 34.2 Å². The standard InChI is InChI=1S/C9H7ClIN/c1-6-4-7(2-3-12)9(10)8(11)5-6/h4-5H,2H2,1H3. The highest BCUT2D eigenvalue weighted by molar-refractivity contribution is 14.1. The number of halogens is 2. The van der Waals surface area contributed by atoms with Gasteiger partial charge in [-0.3, -0.25) is 0 Å². The summed E-state index contributed by atoms with van der Waals surface area (Å²) in [5.74, 6) is 0. The van der Waals surface area contributed by atoms with Crippen molar-refractivity contribution in [2.75, 3.05) is 0 Å². The molecule has 0 N–H and O–H groups in total. The molecular formula is C9H7ClIN. The van der Waals surface area contributed by atoms with Crippen LogP contribution in [0.15, 0.2) is 12.1 Å². The van der Waals surface area contributed by atoms with Crippen LogP contribution in [0.1, 0.15) is 11.1 Å². The minimum absolute atomic E-state index is 0.385. The van der Waals surface area contributed by atoms with Gasteiger partial charge in [0.05, 0.1) is 17.5 Å². The van der Waals surface area contributed by atoms with Crippen molar-refractivity contribution >= 4 is 34.2 Å². The Balaban J connectivity index is 3.20. The number of hydrogen-bond acceptors (Lipinski definition) is 1. The van der Waals surface area contributed by atoms with Crippen molar-refractivity contribution in [1.29, 1.82) is 5.26 Å². The van der Waals surface area contributed by atoms with E-state index >= 15 is 0 Å². The van der Waals surface area contributed by atoms with E-state index in [2.05, 4.69) is 28.7 Å². The minimum Gasteiger partial charge on any atom is -0.198 e. The van der Waals surface area contributed by atoms with E-state index in [4.69, 9.17) is 16.9 Å². The molecule has 1 nitrogen and oxygen atoms in total. The maximum Gasteiger partial charge on any atom is 0.0670 e. The predicted molar refractivity (Wildman–Crippen MR) is 58.2 cm³/mol. The van der Waals surface area contributed by atoms with Crippen LogP contribution in [-0.2, 0) is 6.42 Å². The Morgan fingerprint density at radius 2 is 2.25 bits per heavy atom. The molecule has 0 amide bonds. The van der Waals surface area contributed by atoms with E-state index in [0.717, 1.165) is 14.7 Å². The quantitative estimate of drug-likeness (QED) is 0.728. The molecule has 0 aliphatic rings. The van der Waals surface area contributed by atoms with E-state index in [1.54, 1.807) is 0 Å². The maximum absolute atomic E-state index is 8.51. The van der Waals surface area contributed by atoms with Crippen molar-refractivity contribution in [3.63, 3.8) is 0 Å². The second kappa shape index (κ2) is 4.11. The highest BCUT2D eigenvalue weighted by Crippen LogP contribution is 2.24. The van der Waals surface area contributed by atoms with Gasteiger partial charge in [-0.15, -0.1) is 0 Å². The van der Waals surface area contributed by atoms with E-state index in [0.29, 0.717) is 11.4 Å². The lowest BCUT2D eigenvalue weighted by atomic mass is 10.1. The number of hydrogen-bond donors (Lipinski definition) is 0. The van der Waals surface area contributed by atoms with E-state index < -0.39 is 0 Å². The first-order valence-electron chi connectivity index (χ1n) is 3.46. The molecule has 0 radical (unpaired) electrons. The summed E-state index contributed by atoms with van der Waals surface area (Å²) < 4.78 is 1.01. The molecule has 0 atom stereocenters. The van der Waals surface area contributed by atoms with Crippen molar-refractivity contribution in [1.82, 2.24) is 0 Å². The van der Waals surface area contributed by atoms with Gasteiger partial charge in [0.1, 0.15) is 0 Å². The third-order valence-corrected chi connectivity index (χ3v) is 3.13. The molecule has 0 heterocycles. The van der Waals surface area contributed by atoms with Gasteiger partial charge in [0, 0.05) is 3.57 Å². The van der Waals surface area contributed by atoms with Crippen molar-refractivity contribution in [2.24, 2.45) is 0 Å². The average Bonchev–Trinajstić information content (AvgIpc) is 2.00. The lowest BCUT2D eigenvalue weighted by Crippen LogP contribution is -1.88. The Morgan fingerprint density at radius 3 is 2.83 bits per heavy atom. The molecule has 1 aromatic carbocycles. The van der Waals surface area contributed by atoms with Gasteiger partial charge in [-0.1, -0.05) is 17.7 Å². The summed E-state index contributed by atoms with van der Waals surface area (Å²) in [5, 5.41) is 9.23. The van der Waals surface area contributed by atoms with Gasteiger partial charge in [-0.25, -0.2) is 0 Å². The Bertz CT molecular complexity index is 341. The maximum atomic E-state index is 8.51. The molecule has 1 rings (SSSR count). The molecule has 12 heavy (non-hydrogen) atoms. The summed E-state index contributed by atoms with van der Waals surface area (Å²) in [6, 6.07) is 6.05. The zero-order chi connectivity index (χ0) is 9.14. The third kappa shape index (κ3) is 2.11. The monoisotopic (exact) mass is 291 g/mol. The van der Waals surface area contributed by atoms with E-state index in [1.807, 2.05) is 19.1 Å². The van der Waals surface area contributed by atoms with Crippen LogP contribution in [0, 0.1) is 21.8 Å². The van der Waals surface area contributed by atoms with Gasteiger partial charge in [0.15, 0.2) is 0 Å². The van der Waals surface area contributed by atoms with Gasteiger partial charge >= 0.3 is 0 Å². The normalized spacial score (nSPS) is 9.50. The van der Waals surface area contributed by atoms with Crippen LogP contribution in [-0.4, -0.2) is 0 Å². The molecule has 0 saturated heterocycles. The Kier molecular flexibility index (Phi) is 3.36. The Hall–Kier alpha value is -0.270. The SMILES string of the molecule is Cc1cc(I)c(Cl)c(CC#N)c1. The minimum atomic E-state index is 0.385. The fourth-order valence-corrected chi connectivity index (χ4v) is 2.02. The summed E-state index contributed by atoms with van der Waals surface area (Å²) in [5.41, 5.74) is 2.07. The molecule has 62 valence electrons. The second-order valence-corrected chi connectivity index (χ2v) is 4.09. The molecule has 0 aliphatic carbocycles. The Labute approximate surface area is 90.5 Å². The van der Waals surface area contributed by atoms with Crippen LogP contribution in [0.3, 0.4) is 0 Å². The topological polar surface area (TPSA) is 23.8 Å². The highest BCUT2D eigenvalue weighted by Gasteiger charge is 2.04. The van der Waals surface area contributed by atoms with Crippen LogP contribution in [0.5, 0.6) is 0 Å². The number of nitriles is 1. The van der Waals surface area contributed by atoms with Gasteiger partial charge in [-0.05, 0) is 46.7 Å². The molecule has 0 aromatic heterocycles. The first-order chi connectivity index (χ1) is 5.65. The summed E-state index contributed by atoms with van der Waals surface area (Å²) >= 11 is 8.16. The number of benzene rings is 1. The van der Waals surface area contributed by atoms with E-state index in [-0.39, 0.29) is 0 Å². The summed E-state index contributed by atoms with van der Waals surface area (Å²) in [4.78, 5) is 0. The third-order valence-electron chi connectivity index (χ3n) is 1.52. The Morgan fingerprint density at radius 1 is 1.58 bits per heavy atom. The first kappa shape index (κ1) is 9.82. The highest BCUT2D eigenvalue weighted by atomic mass is 127. The predicted octanol–water partition coefficient (Wildman–Crippen LogP) is 3.32. The lowest BCUT2D eigenvalue weighted by Gasteiger charge is -2.03. The molecule has 1 aromatic rings. The first-order valence-corrected chi connectivity index (χ1v) is 4.92. The summed E-state index contributed by atoms with van der Waals surface area (Å²) in [7, 11) is 0. The lowest BCUT2D eigenvalue weighted by molar-refractivity contribution is 1.24. The fourth-order valence-electron chi connectivity index (χ4n) is 1.01. The van der Waals surface area contributed by atoms with Crippen molar-refractivity contribution < 1.29 is 0 Å². The fraction of sp³-hybridized carbons (Fsp3) is 0.222. The van der Waals surface area contributed by atoms with E-state index in [9.17, 15) is 0 Å². The molecule has 3 heteroatoms. The van der Waals surface area contributed by atoms with Crippen LogP contribution in [0.25, 0.3) is 0 Å². The molecule has 0 aliphatic heterocycles. The molecule has 0 bridgehead atoms. The van der Waals surface area contributed by atoms with Crippen molar-refractivity contribution in [2.45, 2.75) is 13.3 Å². The largest absolute Gasteiger partial charge is 0.198 e. The summed E-state index contributed by atoms with van der Waals surface area (Å²) in [6.07, 6.45) is 0.385. The molecular weight excluding hydrogens is 284 g/mol. The average molecular weight is 292 g/mol. The number of nitrogens with zero attached hydrogens (tertiary/aromatic N) is 1.